The van der Waals surface area contributed by atoms with E-state index in [4.69, 9.17) is 4.42 Å². The fraction of sp³-hybridized carbons (Fsp3) is 0.357. The Morgan fingerprint density at radius 1 is 0.971 bits per heavy atom. The van der Waals surface area contributed by atoms with Gasteiger partial charge in [-0.05, 0) is 82.5 Å². The number of amides is 1. The number of nitrogens with zero attached hydrogens (tertiary/aromatic N) is 1. The van der Waals surface area contributed by atoms with Crippen molar-refractivity contribution in [3.8, 4) is 0 Å². The monoisotopic (exact) mass is 494 g/mol. The van der Waals surface area contributed by atoms with E-state index in [0.29, 0.717) is 13.1 Å². The van der Waals surface area contributed by atoms with Crippen LogP contribution >= 0.6 is 11.8 Å². The first-order chi connectivity index (χ1) is 16.4. The largest absolute Gasteiger partial charge is 0.480 e. The second-order valence-corrected chi connectivity index (χ2v) is 11.2. The van der Waals surface area contributed by atoms with Crippen molar-refractivity contribution >= 4 is 29.3 Å². The molecule has 1 amide bonds. The number of rotatable bonds is 10. The normalized spacial score (nSPS) is 11.6. The highest BCUT2D eigenvalue weighted by molar-refractivity contribution is 8.01. The minimum atomic E-state index is -0.908. The zero-order valence-electron chi connectivity index (χ0n) is 21.3. The molecule has 0 radical (unpaired) electrons. The summed E-state index contributed by atoms with van der Waals surface area (Å²) in [6.45, 7) is 12.6. The molecule has 2 N–H and O–H groups in total. The van der Waals surface area contributed by atoms with Crippen LogP contribution in [0.5, 0.6) is 0 Å². The van der Waals surface area contributed by atoms with Gasteiger partial charge in [-0.1, -0.05) is 29.8 Å². The van der Waals surface area contributed by atoms with Gasteiger partial charge >= 0.3 is 5.97 Å². The molecule has 0 fully saturated rings. The van der Waals surface area contributed by atoms with Crippen LogP contribution in [0, 0.1) is 27.7 Å². The first-order valence-corrected chi connectivity index (χ1v) is 12.4. The topological polar surface area (TPSA) is 82.8 Å². The lowest BCUT2D eigenvalue weighted by atomic mass is 10.1. The average Bonchev–Trinajstić information content (AvgIpc) is 3.16. The molecule has 0 bridgehead atoms. The summed E-state index contributed by atoms with van der Waals surface area (Å²) < 4.78 is 4.86. The zero-order chi connectivity index (χ0) is 25.8. The smallest absolute Gasteiger partial charge is 0.319 e. The van der Waals surface area contributed by atoms with Gasteiger partial charge in [0.15, 0.2) is 0 Å². The van der Waals surface area contributed by atoms with Crippen LogP contribution < -0.4 is 5.32 Å². The van der Waals surface area contributed by atoms with E-state index in [2.05, 4.69) is 17.4 Å². The van der Waals surface area contributed by atoms with Gasteiger partial charge < -0.3 is 14.8 Å². The van der Waals surface area contributed by atoms with Gasteiger partial charge in [-0.15, -0.1) is 11.8 Å². The number of thioether (sulfide) groups is 1. The highest BCUT2D eigenvalue weighted by atomic mass is 32.2. The number of benzene rings is 2. The maximum Gasteiger partial charge on any atom is 0.319 e. The molecule has 0 saturated heterocycles. The van der Waals surface area contributed by atoms with Crippen LogP contribution in [0.1, 0.15) is 47.6 Å². The molecular formula is C28H34N2O4S. The minimum absolute atomic E-state index is 0.0845. The molecule has 186 valence electrons. The number of carboxylic acids is 1. The van der Waals surface area contributed by atoms with Gasteiger partial charge in [0.05, 0.1) is 13.1 Å². The molecule has 0 spiro atoms. The zero-order valence-corrected chi connectivity index (χ0v) is 22.1. The molecule has 3 rings (SSSR count). The van der Waals surface area contributed by atoms with Crippen molar-refractivity contribution in [2.75, 3.05) is 11.9 Å². The summed E-state index contributed by atoms with van der Waals surface area (Å²) in [4.78, 5) is 27.4. The predicted octanol–water partition coefficient (Wildman–Crippen LogP) is 6.11. The number of aryl methyl sites for hydroxylation is 4. The standard InChI is InChI=1S/C28H34N2O4S/c1-18-13-19(2)26(20(3)14-18)29-25(31)17-30(16-23-10-7-21(4)34-23)15-22-8-11-24(12-9-22)35-28(5,6)27(32)33/h7-14H,15-17H2,1-6H3,(H,29,31)(H,32,33). The highest BCUT2D eigenvalue weighted by Crippen LogP contribution is 2.33. The Morgan fingerprint density at radius 3 is 2.14 bits per heavy atom. The number of hydrogen-bond acceptors (Lipinski definition) is 5. The fourth-order valence-corrected chi connectivity index (χ4v) is 4.93. The van der Waals surface area contributed by atoms with E-state index in [1.165, 1.54) is 17.3 Å². The molecule has 6 nitrogen and oxygen atoms in total. The molecule has 0 aliphatic rings. The number of carbonyl (C=O) groups is 2. The molecule has 0 saturated carbocycles. The lowest BCUT2D eigenvalue weighted by Gasteiger charge is -2.22. The molecule has 0 aliphatic carbocycles. The number of anilines is 1. The Kier molecular flexibility index (Phi) is 8.46. The highest BCUT2D eigenvalue weighted by Gasteiger charge is 2.28. The van der Waals surface area contributed by atoms with Gasteiger partial charge in [-0.3, -0.25) is 14.5 Å². The Balaban J connectivity index is 1.74. The van der Waals surface area contributed by atoms with Gasteiger partial charge in [-0.25, -0.2) is 0 Å². The van der Waals surface area contributed by atoms with Crippen molar-refractivity contribution in [3.63, 3.8) is 0 Å². The van der Waals surface area contributed by atoms with E-state index in [1.54, 1.807) is 13.8 Å². The Labute approximate surface area is 211 Å². The molecule has 2 aromatic carbocycles. The van der Waals surface area contributed by atoms with E-state index in [1.807, 2.05) is 69.0 Å². The van der Waals surface area contributed by atoms with Crippen molar-refractivity contribution in [2.24, 2.45) is 0 Å². The number of furan rings is 1. The Morgan fingerprint density at radius 2 is 1.60 bits per heavy atom. The van der Waals surface area contributed by atoms with E-state index in [-0.39, 0.29) is 12.5 Å². The third-order valence-corrected chi connectivity index (χ3v) is 6.89. The predicted molar refractivity (Wildman–Crippen MR) is 141 cm³/mol. The van der Waals surface area contributed by atoms with Crippen LogP contribution in [0.2, 0.25) is 0 Å². The Bertz CT molecular complexity index is 1170. The molecule has 1 heterocycles. The minimum Gasteiger partial charge on any atom is -0.480 e. The van der Waals surface area contributed by atoms with Crippen molar-refractivity contribution in [1.29, 1.82) is 0 Å². The Hall–Kier alpha value is -3.03. The van der Waals surface area contributed by atoms with Gasteiger partial charge in [0.2, 0.25) is 5.91 Å². The van der Waals surface area contributed by atoms with E-state index < -0.39 is 10.7 Å². The molecule has 0 unspecified atom stereocenters. The van der Waals surface area contributed by atoms with Crippen LogP contribution in [0.25, 0.3) is 0 Å². The fourth-order valence-electron chi connectivity index (χ4n) is 3.98. The van der Waals surface area contributed by atoms with Crippen LogP contribution in [-0.2, 0) is 22.7 Å². The average molecular weight is 495 g/mol. The second kappa shape index (κ2) is 11.1. The summed E-state index contributed by atoms with van der Waals surface area (Å²) in [6.07, 6.45) is 0. The van der Waals surface area contributed by atoms with Crippen LogP contribution in [0.4, 0.5) is 5.69 Å². The lowest BCUT2D eigenvalue weighted by Crippen LogP contribution is -2.32. The second-order valence-electron chi connectivity index (χ2n) is 9.54. The van der Waals surface area contributed by atoms with E-state index >= 15 is 0 Å². The molecule has 0 atom stereocenters. The van der Waals surface area contributed by atoms with Crippen LogP contribution in [0.3, 0.4) is 0 Å². The summed E-state index contributed by atoms with van der Waals surface area (Å²) in [7, 11) is 0. The van der Waals surface area contributed by atoms with Crippen LogP contribution in [0.15, 0.2) is 57.8 Å². The van der Waals surface area contributed by atoms with Crippen molar-refractivity contribution in [1.82, 2.24) is 4.90 Å². The summed E-state index contributed by atoms with van der Waals surface area (Å²) in [5.41, 5.74) is 5.14. The number of carbonyl (C=O) groups excluding carboxylic acids is 1. The number of nitrogens with one attached hydrogen (secondary N) is 1. The third kappa shape index (κ3) is 7.47. The quantitative estimate of drug-likeness (QED) is 0.331. The molecule has 35 heavy (non-hydrogen) atoms. The molecule has 0 aliphatic heterocycles. The lowest BCUT2D eigenvalue weighted by molar-refractivity contribution is -0.138. The van der Waals surface area contributed by atoms with Crippen molar-refractivity contribution in [2.45, 2.75) is 64.3 Å². The summed E-state index contributed by atoms with van der Waals surface area (Å²) in [6, 6.07) is 15.8. The van der Waals surface area contributed by atoms with Gasteiger partial charge in [0, 0.05) is 17.1 Å². The number of aliphatic carboxylic acids is 1. The van der Waals surface area contributed by atoms with Crippen LogP contribution in [-0.4, -0.2) is 33.2 Å². The van der Waals surface area contributed by atoms with E-state index in [9.17, 15) is 14.7 Å². The van der Waals surface area contributed by atoms with Gasteiger partial charge in [0.1, 0.15) is 16.3 Å². The van der Waals surface area contributed by atoms with E-state index in [0.717, 1.165) is 38.8 Å². The summed E-state index contributed by atoms with van der Waals surface area (Å²) >= 11 is 1.31. The number of hydrogen-bond donors (Lipinski definition) is 2. The van der Waals surface area contributed by atoms with Gasteiger partial charge in [0.25, 0.3) is 0 Å². The third-order valence-electron chi connectivity index (χ3n) is 5.70. The summed E-state index contributed by atoms with van der Waals surface area (Å²) in [5, 5.41) is 12.5. The first-order valence-electron chi connectivity index (χ1n) is 11.6. The first kappa shape index (κ1) is 26.6. The molecular weight excluding hydrogens is 460 g/mol. The number of carboxylic acid groups (broad SMARTS) is 1. The van der Waals surface area contributed by atoms with Crippen molar-refractivity contribution < 1.29 is 19.1 Å². The summed E-state index contributed by atoms with van der Waals surface area (Å²) in [5.74, 6) is 0.696. The maximum absolute atomic E-state index is 13.0. The maximum atomic E-state index is 13.0. The van der Waals surface area contributed by atoms with Gasteiger partial charge in [-0.2, -0.15) is 0 Å². The van der Waals surface area contributed by atoms with Crippen molar-refractivity contribution in [3.05, 3.63) is 82.3 Å². The molecule has 7 heteroatoms. The molecule has 1 aromatic heterocycles. The SMILES string of the molecule is Cc1cc(C)c(NC(=O)CN(Cc2ccc(SC(C)(C)C(=O)O)cc2)Cc2ccc(C)o2)c(C)c1. The molecule has 3 aromatic rings.